The summed E-state index contributed by atoms with van der Waals surface area (Å²) in [6.45, 7) is 0. The van der Waals surface area contributed by atoms with Crippen molar-refractivity contribution in [1.29, 1.82) is 0 Å². The summed E-state index contributed by atoms with van der Waals surface area (Å²) in [5.74, 6) is 0. The Balaban J connectivity index is 0.00000338. The van der Waals surface area contributed by atoms with Gasteiger partial charge in [0.2, 0.25) is 9.84 Å². The molecule has 2 aromatic rings. The van der Waals surface area contributed by atoms with E-state index in [9.17, 15) is 25.3 Å². The summed E-state index contributed by atoms with van der Waals surface area (Å²) in [5.41, 5.74) is 0. The van der Waals surface area contributed by atoms with Crippen molar-refractivity contribution in [2.24, 2.45) is 0 Å². The molecule has 0 unspecified atom stereocenters. The molecule has 26 heavy (non-hydrogen) atoms. The summed E-state index contributed by atoms with van der Waals surface area (Å²) >= 11 is 11.2. The number of hydrogen-bond donors (Lipinski definition) is 2. The molecule has 0 saturated carbocycles. The molecule has 8 nitrogen and oxygen atoms in total. The van der Waals surface area contributed by atoms with E-state index in [1.807, 2.05) is 0 Å². The molecule has 0 aliphatic carbocycles. The summed E-state index contributed by atoms with van der Waals surface area (Å²) in [5, 5.41) is -0.813. The minimum absolute atomic E-state index is 0. The van der Waals surface area contributed by atoms with Gasteiger partial charge in [0, 0.05) is 29.6 Å². The first-order chi connectivity index (χ1) is 11.2. The van der Waals surface area contributed by atoms with Crippen molar-refractivity contribution in [2.45, 2.75) is 19.6 Å². The number of sulfone groups is 1. The maximum Gasteiger partial charge on any atom is 0.296 e. The first-order valence-electron chi connectivity index (χ1n) is 6.04. The molecular weight excluding hydrogens is 462 g/mol. The van der Waals surface area contributed by atoms with E-state index in [2.05, 4.69) is 0 Å². The maximum atomic E-state index is 12.6. The Labute approximate surface area is 181 Å². The van der Waals surface area contributed by atoms with E-state index in [0.717, 1.165) is 24.3 Å². The van der Waals surface area contributed by atoms with Crippen LogP contribution in [-0.4, -0.2) is 63.9 Å². The van der Waals surface area contributed by atoms with Gasteiger partial charge in [-0.25, -0.2) is 8.42 Å². The van der Waals surface area contributed by atoms with Crippen molar-refractivity contribution >= 4 is 82.8 Å². The number of rotatable bonds is 4. The second-order valence-electron chi connectivity index (χ2n) is 4.64. The van der Waals surface area contributed by atoms with Gasteiger partial charge >= 0.3 is 0 Å². The molecule has 0 bridgehead atoms. The molecule has 1 radical (unpaired) electrons. The van der Waals surface area contributed by atoms with Gasteiger partial charge in [0.25, 0.3) is 20.2 Å². The Bertz CT molecular complexity index is 1090. The Morgan fingerprint density at radius 3 is 1.23 bits per heavy atom. The van der Waals surface area contributed by atoms with Crippen LogP contribution >= 0.6 is 23.2 Å². The predicted octanol–water partition coefficient (Wildman–Crippen LogP) is 1.94. The second kappa shape index (κ2) is 8.03. The average Bonchev–Trinajstić information content (AvgIpc) is 2.45. The third kappa shape index (κ3) is 4.98. The third-order valence-electron chi connectivity index (χ3n) is 2.98. The molecule has 0 amide bonds. The Kier molecular flexibility index (Phi) is 7.36. The van der Waals surface area contributed by atoms with Crippen molar-refractivity contribution in [3.05, 3.63) is 46.4 Å². The smallest absolute Gasteiger partial charge is 0.282 e. The summed E-state index contributed by atoms with van der Waals surface area (Å²) in [6, 6.07) is 5.06. The topological polar surface area (TPSA) is 143 Å². The van der Waals surface area contributed by atoms with E-state index in [-0.39, 0.29) is 29.6 Å². The van der Waals surface area contributed by atoms with Crippen LogP contribution < -0.4 is 0 Å². The van der Waals surface area contributed by atoms with Crippen LogP contribution in [-0.2, 0) is 30.1 Å². The SMILES string of the molecule is O=S(=O)(O)c1cc(S(=O)(=O)c2ccc(Cl)c(S(=O)(=O)O)c2)ccc1Cl.[Na]. The number of benzene rings is 2. The Hall–Kier alpha value is -0.210. The summed E-state index contributed by atoms with van der Waals surface area (Å²) in [4.78, 5) is -2.82. The number of halogens is 2. The molecule has 0 aliphatic rings. The third-order valence-corrected chi connectivity index (χ3v) is 7.40. The summed E-state index contributed by atoms with van der Waals surface area (Å²) in [7, 11) is -14.0. The van der Waals surface area contributed by atoms with E-state index < -0.39 is 59.7 Å². The molecule has 0 heterocycles. The van der Waals surface area contributed by atoms with Crippen LogP contribution in [0.2, 0.25) is 10.0 Å². The largest absolute Gasteiger partial charge is 0.296 e. The van der Waals surface area contributed by atoms with Crippen LogP contribution in [0.5, 0.6) is 0 Å². The zero-order chi connectivity index (χ0) is 19.2. The Morgan fingerprint density at radius 1 is 0.654 bits per heavy atom. The molecule has 0 fully saturated rings. The van der Waals surface area contributed by atoms with Crippen molar-refractivity contribution in [2.75, 3.05) is 0 Å². The predicted molar refractivity (Wildman–Crippen MR) is 93.7 cm³/mol. The van der Waals surface area contributed by atoms with Crippen LogP contribution in [0, 0.1) is 0 Å². The van der Waals surface area contributed by atoms with Gasteiger partial charge in [-0.2, -0.15) is 16.8 Å². The van der Waals surface area contributed by atoms with E-state index in [1.54, 1.807) is 0 Å². The zero-order valence-corrected chi connectivity index (χ0v) is 18.8. The van der Waals surface area contributed by atoms with Gasteiger partial charge < -0.3 is 0 Å². The average molecular weight is 470 g/mol. The van der Waals surface area contributed by atoms with Crippen LogP contribution in [0.1, 0.15) is 0 Å². The van der Waals surface area contributed by atoms with Crippen LogP contribution in [0.4, 0.5) is 0 Å². The molecular formula is C12H8Cl2NaO8S3. The zero-order valence-electron chi connectivity index (χ0n) is 12.8. The fourth-order valence-electron chi connectivity index (χ4n) is 1.83. The van der Waals surface area contributed by atoms with Gasteiger partial charge in [-0.05, 0) is 36.4 Å². The van der Waals surface area contributed by atoms with Gasteiger partial charge in [0.1, 0.15) is 9.79 Å². The van der Waals surface area contributed by atoms with Gasteiger partial charge in [-0.1, -0.05) is 23.2 Å². The van der Waals surface area contributed by atoms with Crippen LogP contribution in [0.25, 0.3) is 0 Å². The molecule has 0 spiro atoms. The summed E-state index contributed by atoms with van der Waals surface area (Å²) < 4.78 is 88.3. The first kappa shape index (κ1) is 23.8. The van der Waals surface area contributed by atoms with Gasteiger partial charge in [0.05, 0.1) is 19.8 Å². The molecule has 2 N–H and O–H groups in total. The van der Waals surface area contributed by atoms with E-state index in [0.29, 0.717) is 12.1 Å². The second-order valence-corrected chi connectivity index (χ2v) is 10.2. The molecule has 0 saturated heterocycles. The Morgan fingerprint density at radius 2 is 0.962 bits per heavy atom. The van der Waals surface area contributed by atoms with Gasteiger partial charge in [0.15, 0.2) is 0 Å². The molecule has 2 aromatic carbocycles. The van der Waals surface area contributed by atoms with E-state index in [1.165, 1.54) is 0 Å². The van der Waals surface area contributed by atoms with Crippen molar-refractivity contribution in [3.8, 4) is 0 Å². The van der Waals surface area contributed by atoms with E-state index in [4.69, 9.17) is 32.3 Å². The summed E-state index contributed by atoms with van der Waals surface area (Å²) in [6.07, 6.45) is 0. The minimum Gasteiger partial charge on any atom is -0.282 e. The molecule has 0 atom stereocenters. The standard InChI is InChI=1S/C12H8Cl2O8S3.Na/c13-9-3-1-7(5-11(9)24(17,18)19)23(15,16)8-2-4-10(14)12(6-8)25(20,21)22;/h1-6H,(H,17,18,19)(H,20,21,22);. The maximum absolute atomic E-state index is 12.6. The number of hydrogen-bond acceptors (Lipinski definition) is 6. The van der Waals surface area contributed by atoms with Crippen molar-refractivity contribution < 1.29 is 34.4 Å². The quantitative estimate of drug-likeness (QED) is 0.510. The molecule has 0 aliphatic heterocycles. The van der Waals surface area contributed by atoms with Crippen LogP contribution in [0.15, 0.2) is 56.0 Å². The van der Waals surface area contributed by atoms with Crippen molar-refractivity contribution in [1.82, 2.24) is 0 Å². The van der Waals surface area contributed by atoms with Gasteiger partial charge in [-0.15, -0.1) is 0 Å². The monoisotopic (exact) mass is 469 g/mol. The molecule has 137 valence electrons. The fourth-order valence-corrected chi connectivity index (χ4v) is 5.30. The molecule has 2 rings (SSSR count). The van der Waals surface area contributed by atoms with Crippen molar-refractivity contribution in [3.63, 3.8) is 0 Å². The fraction of sp³-hybridized carbons (Fsp3) is 0. The molecule has 14 heteroatoms. The molecule has 0 aromatic heterocycles. The van der Waals surface area contributed by atoms with Gasteiger partial charge in [-0.3, -0.25) is 9.11 Å². The minimum atomic E-state index is -4.79. The van der Waals surface area contributed by atoms with E-state index >= 15 is 0 Å². The normalized spacial score (nSPS) is 12.5. The van der Waals surface area contributed by atoms with Crippen LogP contribution in [0.3, 0.4) is 0 Å². The first-order valence-corrected chi connectivity index (χ1v) is 11.2.